The van der Waals surface area contributed by atoms with Crippen LogP contribution in [0.2, 0.25) is 0 Å². The predicted octanol–water partition coefficient (Wildman–Crippen LogP) is 3.24. The fourth-order valence-corrected chi connectivity index (χ4v) is 3.05. The van der Waals surface area contributed by atoms with Crippen LogP contribution in [0.15, 0.2) is 24.3 Å². The van der Waals surface area contributed by atoms with Crippen molar-refractivity contribution in [1.29, 1.82) is 0 Å². The Balaban J connectivity index is 1.72. The second-order valence-electron chi connectivity index (χ2n) is 5.58. The Hall–Kier alpha value is -1.92. The topological polar surface area (TPSA) is 32.8 Å². The number of amides is 2. The van der Waals surface area contributed by atoms with Crippen LogP contribution in [0.1, 0.15) is 13.3 Å². The van der Waals surface area contributed by atoms with Gasteiger partial charge in [0.2, 0.25) is 0 Å². The summed E-state index contributed by atoms with van der Waals surface area (Å²) in [7, 11) is 0. The molecule has 0 spiro atoms. The van der Waals surface area contributed by atoms with E-state index in [0.29, 0.717) is 18.2 Å². The molecule has 21 heavy (non-hydrogen) atoms. The molecule has 2 heterocycles. The van der Waals surface area contributed by atoms with Gasteiger partial charge in [0.25, 0.3) is 0 Å². The number of rotatable bonds is 2. The minimum atomic E-state index is -4.70. The van der Waals surface area contributed by atoms with Crippen LogP contribution >= 0.6 is 0 Å². The third-order valence-electron chi connectivity index (χ3n) is 3.88. The fourth-order valence-electron chi connectivity index (χ4n) is 3.05. The van der Waals surface area contributed by atoms with E-state index in [1.807, 2.05) is 4.90 Å². The summed E-state index contributed by atoms with van der Waals surface area (Å²) in [6, 6.07) is 5.53. The average molecular weight is 300 g/mol. The van der Waals surface area contributed by atoms with E-state index in [4.69, 9.17) is 0 Å². The number of halogens is 3. The highest BCUT2D eigenvalue weighted by molar-refractivity contribution is 5.95. The zero-order valence-corrected chi connectivity index (χ0v) is 11.4. The molecule has 2 amide bonds. The zero-order valence-electron chi connectivity index (χ0n) is 11.4. The first-order valence-corrected chi connectivity index (χ1v) is 6.77. The monoisotopic (exact) mass is 300 g/mol. The molecular weight excluding hydrogens is 285 g/mol. The van der Waals surface area contributed by atoms with Crippen molar-refractivity contribution in [3.05, 3.63) is 24.3 Å². The Bertz CT molecular complexity index is 544. The van der Waals surface area contributed by atoms with Crippen molar-refractivity contribution < 1.29 is 22.7 Å². The molecule has 0 aromatic heterocycles. The first-order chi connectivity index (χ1) is 9.83. The third-order valence-corrected chi connectivity index (χ3v) is 3.88. The van der Waals surface area contributed by atoms with Gasteiger partial charge >= 0.3 is 12.4 Å². The van der Waals surface area contributed by atoms with E-state index in [9.17, 15) is 18.0 Å². The molecule has 1 aromatic rings. The van der Waals surface area contributed by atoms with Gasteiger partial charge in [-0.05, 0) is 36.6 Å². The summed E-state index contributed by atoms with van der Waals surface area (Å²) >= 11 is 0. The molecule has 1 aromatic carbocycles. The molecule has 0 saturated carbocycles. The molecule has 7 heteroatoms. The van der Waals surface area contributed by atoms with Gasteiger partial charge < -0.3 is 9.64 Å². The number of alkyl halides is 3. The van der Waals surface area contributed by atoms with Crippen molar-refractivity contribution in [3.63, 3.8) is 0 Å². The Kier molecular flexibility index (Phi) is 3.22. The number of nitrogens with zero attached hydrogens (tertiary/aromatic N) is 2. The van der Waals surface area contributed by atoms with Crippen molar-refractivity contribution >= 4 is 11.7 Å². The third kappa shape index (κ3) is 2.77. The van der Waals surface area contributed by atoms with E-state index in [0.717, 1.165) is 13.0 Å². The number of carbonyl (C=O) groups is 1. The molecule has 2 saturated heterocycles. The van der Waals surface area contributed by atoms with Crippen LogP contribution < -0.4 is 9.64 Å². The van der Waals surface area contributed by atoms with E-state index < -0.39 is 6.36 Å². The number of anilines is 1. The highest BCUT2D eigenvalue weighted by atomic mass is 19.4. The molecule has 0 radical (unpaired) electrons. The lowest BCUT2D eigenvalue weighted by Gasteiger charge is -2.18. The Labute approximate surface area is 120 Å². The Morgan fingerprint density at radius 1 is 1.19 bits per heavy atom. The second-order valence-corrected chi connectivity index (χ2v) is 5.58. The molecular formula is C14H15F3N2O2. The van der Waals surface area contributed by atoms with Crippen LogP contribution in [0.4, 0.5) is 23.7 Å². The number of hydrogen-bond donors (Lipinski definition) is 0. The smallest absolute Gasteiger partial charge is 0.406 e. The Morgan fingerprint density at radius 3 is 2.43 bits per heavy atom. The summed E-state index contributed by atoms with van der Waals surface area (Å²) in [6.07, 6.45) is -3.73. The number of urea groups is 1. The highest BCUT2D eigenvalue weighted by Crippen LogP contribution is 2.33. The minimum absolute atomic E-state index is 0.0751. The standard InChI is InChI=1S/C14H15F3N2O2/c1-9-6-11-8-19(13(20)18(11)7-9)10-2-4-12(5-3-10)21-14(15,16)17/h2-5,9,11H,6-8H2,1H3/t9-,11?/m1/s1. The number of hydrogen-bond acceptors (Lipinski definition) is 2. The molecule has 3 rings (SSSR count). The summed E-state index contributed by atoms with van der Waals surface area (Å²) in [6.45, 7) is 3.44. The largest absolute Gasteiger partial charge is 0.573 e. The first-order valence-electron chi connectivity index (χ1n) is 6.77. The van der Waals surface area contributed by atoms with Crippen LogP contribution in [0, 0.1) is 5.92 Å². The maximum atomic E-state index is 12.3. The van der Waals surface area contributed by atoms with Gasteiger partial charge in [0.05, 0.1) is 6.04 Å². The first kappa shape index (κ1) is 14.0. The van der Waals surface area contributed by atoms with Crippen LogP contribution in [0.5, 0.6) is 5.75 Å². The van der Waals surface area contributed by atoms with Crippen molar-refractivity contribution in [3.8, 4) is 5.75 Å². The van der Waals surface area contributed by atoms with Gasteiger partial charge in [0, 0.05) is 18.8 Å². The highest BCUT2D eigenvalue weighted by Gasteiger charge is 2.43. The van der Waals surface area contributed by atoms with Gasteiger partial charge in [-0.25, -0.2) is 4.79 Å². The molecule has 4 nitrogen and oxygen atoms in total. The normalized spacial score (nSPS) is 25.4. The van der Waals surface area contributed by atoms with E-state index in [1.54, 1.807) is 4.90 Å². The summed E-state index contributed by atoms with van der Waals surface area (Å²) in [5.74, 6) is 0.218. The zero-order chi connectivity index (χ0) is 15.2. The lowest BCUT2D eigenvalue weighted by molar-refractivity contribution is -0.274. The molecule has 0 bridgehead atoms. The van der Waals surface area contributed by atoms with Crippen molar-refractivity contribution in [2.75, 3.05) is 18.0 Å². The molecule has 2 atom stereocenters. The van der Waals surface area contributed by atoms with Gasteiger partial charge in [-0.1, -0.05) is 6.92 Å². The van der Waals surface area contributed by atoms with Crippen LogP contribution in [0.25, 0.3) is 0 Å². The van der Waals surface area contributed by atoms with Gasteiger partial charge in [-0.3, -0.25) is 4.90 Å². The van der Waals surface area contributed by atoms with E-state index in [2.05, 4.69) is 11.7 Å². The molecule has 1 unspecified atom stereocenters. The van der Waals surface area contributed by atoms with E-state index >= 15 is 0 Å². The molecule has 114 valence electrons. The maximum Gasteiger partial charge on any atom is 0.573 e. The second kappa shape index (κ2) is 4.82. The van der Waals surface area contributed by atoms with E-state index in [1.165, 1.54) is 24.3 Å². The van der Waals surface area contributed by atoms with E-state index in [-0.39, 0.29) is 17.8 Å². The summed E-state index contributed by atoms with van der Waals surface area (Å²) in [4.78, 5) is 15.7. The molecule has 0 N–H and O–H groups in total. The summed E-state index contributed by atoms with van der Waals surface area (Å²) < 4.78 is 40.1. The molecule has 2 aliphatic heterocycles. The molecule has 2 fully saturated rings. The summed E-state index contributed by atoms with van der Waals surface area (Å²) in [5.41, 5.74) is 0.594. The van der Waals surface area contributed by atoms with Gasteiger partial charge in [0.15, 0.2) is 0 Å². The number of fused-ring (bicyclic) bond motifs is 1. The van der Waals surface area contributed by atoms with Crippen LogP contribution in [-0.2, 0) is 0 Å². The van der Waals surface area contributed by atoms with Crippen molar-refractivity contribution in [2.45, 2.75) is 25.7 Å². The van der Waals surface area contributed by atoms with Crippen molar-refractivity contribution in [2.24, 2.45) is 5.92 Å². The van der Waals surface area contributed by atoms with Gasteiger partial charge in [-0.15, -0.1) is 13.2 Å². The van der Waals surface area contributed by atoms with Crippen LogP contribution in [-0.4, -0.2) is 36.4 Å². The SMILES string of the molecule is C[C@@H]1CC2CN(c3ccc(OC(F)(F)F)cc3)C(=O)N2C1. The number of benzene rings is 1. The van der Waals surface area contributed by atoms with Gasteiger partial charge in [0.1, 0.15) is 5.75 Å². The fraction of sp³-hybridized carbons (Fsp3) is 0.500. The van der Waals surface area contributed by atoms with Gasteiger partial charge in [-0.2, -0.15) is 0 Å². The predicted molar refractivity (Wildman–Crippen MR) is 70.1 cm³/mol. The quantitative estimate of drug-likeness (QED) is 0.840. The Morgan fingerprint density at radius 2 is 1.86 bits per heavy atom. The van der Waals surface area contributed by atoms with Crippen molar-refractivity contribution in [1.82, 2.24) is 4.90 Å². The maximum absolute atomic E-state index is 12.3. The lowest BCUT2D eigenvalue weighted by atomic mass is 10.1. The van der Waals surface area contributed by atoms with Crippen LogP contribution in [0.3, 0.4) is 0 Å². The molecule has 0 aliphatic carbocycles. The minimum Gasteiger partial charge on any atom is -0.406 e. The summed E-state index contributed by atoms with van der Waals surface area (Å²) in [5, 5.41) is 0. The molecule has 2 aliphatic rings. The average Bonchev–Trinajstić information content (AvgIpc) is 2.87. The lowest BCUT2D eigenvalue weighted by Crippen LogP contribution is -2.32. The number of carbonyl (C=O) groups excluding carboxylic acids is 1. The number of ether oxygens (including phenoxy) is 1.